The van der Waals surface area contributed by atoms with Gasteiger partial charge in [0.25, 0.3) is 0 Å². The summed E-state index contributed by atoms with van der Waals surface area (Å²) in [7, 11) is 0. The largest absolute Gasteiger partial charge is 0.330 e. The normalized spacial score (nSPS) is 14.6. The minimum atomic E-state index is 0.0142. The molecule has 0 saturated heterocycles. The van der Waals surface area contributed by atoms with Crippen LogP contribution in [0, 0.1) is 5.92 Å². The molecule has 0 saturated carbocycles. The average molecular weight is 299 g/mol. The highest BCUT2D eigenvalue weighted by Crippen LogP contribution is 2.22. The van der Waals surface area contributed by atoms with E-state index < -0.39 is 0 Å². The second-order valence-corrected chi connectivity index (χ2v) is 7.41. The molecule has 0 spiro atoms. The summed E-state index contributed by atoms with van der Waals surface area (Å²) in [6.07, 6.45) is 17.0. The van der Waals surface area contributed by atoms with E-state index in [1.54, 1.807) is 0 Å². The van der Waals surface area contributed by atoms with E-state index >= 15 is 0 Å². The van der Waals surface area contributed by atoms with Gasteiger partial charge in [0, 0.05) is 5.54 Å². The van der Waals surface area contributed by atoms with Crippen molar-refractivity contribution in [3.63, 3.8) is 0 Å². The predicted octanol–water partition coefficient (Wildman–Crippen LogP) is 5.39. The number of unbranched alkanes of at least 4 members (excludes halogenated alkanes) is 7. The molecule has 0 aromatic rings. The molecule has 2 nitrogen and oxygen atoms in total. The molecule has 1 unspecified atom stereocenters. The van der Waals surface area contributed by atoms with E-state index in [-0.39, 0.29) is 5.54 Å². The smallest absolute Gasteiger partial charge is 0.0166 e. The lowest BCUT2D eigenvalue weighted by atomic mass is 9.85. The molecule has 4 N–H and O–H groups in total. The van der Waals surface area contributed by atoms with Gasteiger partial charge in [-0.2, -0.15) is 0 Å². The summed E-state index contributed by atoms with van der Waals surface area (Å²) in [6, 6.07) is 0. The van der Waals surface area contributed by atoms with Crippen LogP contribution in [0.15, 0.2) is 0 Å². The maximum atomic E-state index is 6.46. The van der Waals surface area contributed by atoms with E-state index in [2.05, 4.69) is 20.8 Å². The van der Waals surface area contributed by atoms with Gasteiger partial charge in [-0.3, -0.25) is 0 Å². The fourth-order valence-corrected chi connectivity index (χ4v) is 3.25. The van der Waals surface area contributed by atoms with E-state index in [1.807, 2.05) is 0 Å². The van der Waals surface area contributed by atoms with Crippen molar-refractivity contribution in [1.29, 1.82) is 0 Å². The summed E-state index contributed by atoms with van der Waals surface area (Å²) in [5, 5.41) is 0. The lowest BCUT2D eigenvalue weighted by molar-refractivity contribution is 0.327. The van der Waals surface area contributed by atoms with Gasteiger partial charge in [0.1, 0.15) is 0 Å². The first-order valence-electron chi connectivity index (χ1n) is 9.53. The zero-order valence-electron chi connectivity index (χ0n) is 15.1. The van der Waals surface area contributed by atoms with E-state index in [1.165, 1.54) is 64.2 Å². The molecule has 0 aromatic carbocycles. The lowest BCUT2D eigenvalue weighted by Crippen LogP contribution is -2.41. The number of nitrogens with two attached hydrogens (primary N) is 2. The highest BCUT2D eigenvalue weighted by molar-refractivity contribution is 4.83. The molecule has 21 heavy (non-hydrogen) atoms. The van der Waals surface area contributed by atoms with Crippen LogP contribution in [-0.2, 0) is 0 Å². The quantitative estimate of drug-likeness (QED) is 0.398. The zero-order chi connectivity index (χ0) is 16.0. The van der Waals surface area contributed by atoms with Gasteiger partial charge < -0.3 is 11.5 Å². The maximum absolute atomic E-state index is 6.46. The van der Waals surface area contributed by atoms with E-state index in [0.717, 1.165) is 31.7 Å². The van der Waals surface area contributed by atoms with Crippen molar-refractivity contribution in [2.24, 2.45) is 17.4 Å². The zero-order valence-corrected chi connectivity index (χ0v) is 15.1. The van der Waals surface area contributed by atoms with Crippen molar-refractivity contribution < 1.29 is 0 Å². The van der Waals surface area contributed by atoms with Crippen LogP contribution in [0.3, 0.4) is 0 Å². The molecule has 0 aliphatic rings. The molecule has 0 radical (unpaired) electrons. The first-order valence-corrected chi connectivity index (χ1v) is 9.53. The van der Waals surface area contributed by atoms with E-state index in [4.69, 9.17) is 11.5 Å². The minimum Gasteiger partial charge on any atom is -0.330 e. The Labute approximate surface area is 134 Å². The van der Waals surface area contributed by atoms with Crippen LogP contribution >= 0.6 is 0 Å². The fraction of sp³-hybridized carbons (Fsp3) is 1.00. The molecule has 0 aromatic heterocycles. The monoisotopic (exact) mass is 298 g/mol. The Balaban J connectivity index is 3.41. The summed E-state index contributed by atoms with van der Waals surface area (Å²) in [4.78, 5) is 0. The number of rotatable bonds is 15. The van der Waals surface area contributed by atoms with Crippen LogP contribution in [0.5, 0.6) is 0 Å². The predicted molar refractivity (Wildman–Crippen MR) is 96.5 cm³/mol. The molecule has 0 bridgehead atoms. The molecule has 0 rings (SSSR count). The van der Waals surface area contributed by atoms with E-state index in [0.29, 0.717) is 0 Å². The first-order chi connectivity index (χ1) is 10.0. The van der Waals surface area contributed by atoms with E-state index in [9.17, 15) is 0 Å². The molecule has 2 heteroatoms. The average Bonchev–Trinajstić information content (AvgIpc) is 2.41. The molecule has 0 fully saturated rings. The summed E-state index contributed by atoms with van der Waals surface area (Å²) in [6.45, 7) is 7.59. The third-order valence-electron chi connectivity index (χ3n) is 4.60. The summed E-state index contributed by atoms with van der Waals surface area (Å²) >= 11 is 0. The van der Waals surface area contributed by atoms with Gasteiger partial charge in [-0.25, -0.2) is 0 Å². The Bertz CT molecular complexity index is 208. The van der Waals surface area contributed by atoms with Crippen LogP contribution in [-0.4, -0.2) is 12.1 Å². The van der Waals surface area contributed by atoms with Gasteiger partial charge in [0.05, 0.1) is 0 Å². The van der Waals surface area contributed by atoms with Gasteiger partial charge in [-0.15, -0.1) is 0 Å². The van der Waals surface area contributed by atoms with Gasteiger partial charge in [0.2, 0.25) is 0 Å². The van der Waals surface area contributed by atoms with Crippen molar-refractivity contribution in [2.45, 2.75) is 110 Å². The number of hydrogen-bond donors (Lipinski definition) is 2. The van der Waals surface area contributed by atoms with Gasteiger partial charge in [0.15, 0.2) is 0 Å². The SMILES string of the molecule is CCCC(N)(CCN)CCCCCCCCCCC(C)C. The van der Waals surface area contributed by atoms with Gasteiger partial charge in [-0.1, -0.05) is 85.0 Å². The Morgan fingerprint density at radius 3 is 1.76 bits per heavy atom. The molecule has 1 atom stereocenters. The van der Waals surface area contributed by atoms with Crippen molar-refractivity contribution >= 4 is 0 Å². The second kappa shape index (κ2) is 13.6. The lowest BCUT2D eigenvalue weighted by Gasteiger charge is -2.29. The van der Waals surface area contributed by atoms with Gasteiger partial charge in [-0.05, 0) is 31.7 Å². The molecular weight excluding hydrogens is 256 g/mol. The van der Waals surface area contributed by atoms with Crippen LogP contribution in [0.2, 0.25) is 0 Å². The molecule has 0 aliphatic heterocycles. The fourth-order valence-electron chi connectivity index (χ4n) is 3.25. The maximum Gasteiger partial charge on any atom is 0.0166 e. The van der Waals surface area contributed by atoms with Crippen molar-refractivity contribution in [3.8, 4) is 0 Å². The third-order valence-corrected chi connectivity index (χ3v) is 4.60. The molecule has 0 heterocycles. The highest BCUT2D eigenvalue weighted by Gasteiger charge is 2.21. The highest BCUT2D eigenvalue weighted by atomic mass is 14.7. The Morgan fingerprint density at radius 1 is 0.762 bits per heavy atom. The molecule has 0 aliphatic carbocycles. The van der Waals surface area contributed by atoms with Crippen LogP contribution in [0.4, 0.5) is 0 Å². The Morgan fingerprint density at radius 2 is 1.29 bits per heavy atom. The van der Waals surface area contributed by atoms with Crippen LogP contribution in [0.25, 0.3) is 0 Å². The van der Waals surface area contributed by atoms with Gasteiger partial charge >= 0.3 is 0 Å². The standard InChI is InChI=1S/C19H42N2/c1-4-14-19(21,16-17-20)15-12-10-8-6-5-7-9-11-13-18(2)3/h18H,4-17,20-21H2,1-3H3. The minimum absolute atomic E-state index is 0.0142. The summed E-state index contributed by atoms with van der Waals surface area (Å²) in [5.41, 5.74) is 12.2. The number of hydrogen-bond acceptors (Lipinski definition) is 2. The van der Waals surface area contributed by atoms with Crippen LogP contribution < -0.4 is 11.5 Å². The third kappa shape index (κ3) is 13.3. The van der Waals surface area contributed by atoms with Crippen molar-refractivity contribution in [3.05, 3.63) is 0 Å². The van der Waals surface area contributed by atoms with Crippen molar-refractivity contribution in [2.75, 3.05) is 6.54 Å². The Kier molecular flexibility index (Phi) is 13.5. The molecule has 128 valence electrons. The van der Waals surface area contributed by atoms with Crippen molar-refractivity contribution in [1.82, 2.24) is 0 Å². The summed E-state index contributed by atoms with van der Waals surface area (Å²) < 4.78 is 0. The van der Waals surface area contributed by atoms with Crippen LogP contribution in [0.1, 0.15) is 104 Å². The molecular formula is C19H42N2. The Hall–Kier alpha value is -0.0800. The second-order valence-electron chi connectivity index (χ2n) is 7.41. The molecule has 0 amide bonds. The first kappa shape index (κ1) is 20.9. The summed E-state index contributed by atoms with van der Waals surface area (Å²) in [5.74, 6) is 0.873. The topological polar surface area (TPSA) is 52.0 Å².